The third kappa shape index (κ3) is 4.73. The van der Waals surface area contributed by atoms with E-state index in [2.05, 4.69) is 51.8 Å². The van der Waals surface area contributed by atoms with Gasteiger partial charge in [0.05, 0.1) is 0 Å². The molecule has 0 saturated carbocycles. The Morgan fingerprint density at radius 3 is 2.24 bits per heavy atom. The summed E-state index contributed by atoms with van der Waals surface area (Å²) < 4.78 is 0. The molecule has 0 radical (unpaired) electrons. The normalized spacial score (nSPS) is 11.3. The number of hydrogen-bond acceptors (Lipinski definition) is 3. The molecule has 0 bridgehead atoms. The highest BCUT2D eigenvalue weighted by molar-refractivity contribution is 5.95. The van der Waals surface area contributed by atoms with Crippen molar-refractivity contribution in [3.8, 4) is 0 Å². The lowest BCUT2D eigenvalue weighted by molar-refractivity contribution is 0.0681. The van der Waals surface area contributed by atoms with E-state index in [9.17, 15) is 4.79 Å². The summed E-state index contributed by atoms with van der Waals surface area (Å²) in [6.45, 7) is 13.3. The Bertz CT molecular complexity index is 481. The van der Waals surface area contributed by atoms with Crippen LogP contribution in [0.15, 0.2) is 12.1 Å². The van der Waals surface area contributed by atoms with Crippen LogP contribution in [0.2, 0.25) is 0 Å². The van der Waals surface area contributed by atoms with Crippen LogP contribution in [-0.2, 0) is 0 Å². The molecule has 1 aromatic heterocycles. The minimum absolute atomic E-state index is 0.0829. The van der Waals surface area contributed by atoms with Gasteiger partial charge in [-0.2, -0.15) is 0 Å². The molecule has 1 rings (SSSR count). The Morgan fingerprint density at radius 1 is 1.19 bits per heavy atom. The second kappa shape index (κ2) is 7.43. The van der Waals surface area contributed by atoms with Crippen molar-refractivity contribution in [1.29, 1.82) is 0 Å². The van der Waals surface area contributed by atoms with Crippen molar-refractivity contribution in [1.82, 2.24) is 9.88 Å². The zero-order valence-corrected chi connectivity index (χ0v) is 14.4. The van der Waals surface area contributed by atoms with Crippen LogP contribution in [-0.4, -0.2) is 35.4 Å². The highest BCUT2D eigenvalue weighted by Crippen LogP contribution is 2.20. The molecule has 1 aromatic rings. The van der Waals surface area contributed by atoms with Crippen molar-refractivity contribution in [3.63, 3.8) is 0 Å². The third-order valence-electron chi connectivity index (χ3n) is 3.39. The molecule has 4 nitrogen and oxygen atoms in total. The van der Waals surface area contributed by atoms with Crippen LogP contribution in [0.3, 0.4) is 0 Å². The van der Waals surface area contributed by atoms with E-state index in [-0.39, 0.29) is 11.9 Å². The van der Waals surface area contributed by atoms with Gasteiger partial charge in [-0.25, -0.2) is 4.98 Å². The lowest BCUT2D eigenvalue weighted by Crippen LogP contribution is -2.39. The highest BCUT2D eigenvalue weighted by atomic mass is 16.2. The molecule has 0 spiro atoms. The fourth-order valence-corrected chi connectivity index (χ4v) is 2.19. The summed E-state index contributed by atoms with van der Waals surface area (Å²) >= 11 is 0. The van der Waals surface area contributed by atoms with Crippen LogP contribution < -0.4 is 5.32 Å². The quantitative estimate of drug-likeness (QED) is 0.868. The van der Waals surface area contributed by atoms with Gasteiger partial charge in [-0.3, -0.25) is 4.79 Å². The standard InChI is InChI=1S/C17H29N3O/c1-11(2)10-20(13(5)6)17(21)14-8-15(12(3)4)19-16(9-14)18-7/h8-9,11-13H,10H2,1-7H3,(H,18,19). The van der Waals surface area contributed by atoms with Gasteiger partial charge < -0.3 is 10.2 Å². The summed E-state index contributed by atoms with van der Waals surface area (Å²) in [5, 5.41) is 3.04. The molecule has 0 fully saturated rings. The van der Waals surface area contributed by atoms with Crippen LogP contribution in [0, 0.1) is 5.92 Å². The van der Waals surface area contributed by atoms with Crippen molar-refractivity contribution < 1.29 is 4.79 Å². The number of carbonyl (C=O) groups excluding carboxylic acids is 1. The van der Waals surface area contributed by atoms with Gasteiger partial charge in [0.2, 0.25) is 0 Å². The number of aromatic nitrogens is 1. The van der Waals surface area contributed by atoms with Gasteiger partial charge in [-0.15, -0.1) is 0 Å². The van der Waals surface area contributed by atoms with Crippen molar-refractivity contribution in [3.05, 3.63) is 23.4 Å². The Labute approximate surface area is 129 Å². The van der Waals surface area contributed by atoms with Crippen LogP contribution in [0.4, 0.5) is 5.82 Å². The van der Waals surface area contributed by atoms with Crippen LogP contribution >= 0.6 is 0 Å². The van der Waals surface area contributed by atoms with Crippen LogP contribution in [0.25, 0.3) is 0 Å². The van der Waals surface area contributed by atoms with E-state index in [1.54, 1.807) is 0 Å². The van der Waals surface area contributed by atoms with Crippen LogP contribution in [0.5, 0.6) is 0 Å². The molecule has 21 heavy (non-hydrogen) atoms. The Kier molecular flexibility index (Phi) is 6.19. The number of nitrogens with zero attached hydrogens (tertiary/aromatic N) is 2. The summed E-state index contributed by atoms with van der Waals surface area (Å²) in [7, 11) is 1.83. The maximum Gasteiger partial charge on any atom is 0.254 e. The van der Waals surface area contributed by atoms with Gasteiger partial charge in [0.25, 0.3) is 5.91 Å². The summed E-state index contributed by atoms with van der Waals surface area (Å²) in [6, 6.07) is 3.95. The first kappa shape index (κ1) is 17.5. The first-order chi connectivity index (χ1) is 9.76. The number of hydrogen-bond donors (Lipinski definition) is 1. The number of amides is 1. The average molecular weight is 291 g/mol. The average Bonchev–Trinajstić information content (AvgIpc) is 2.42. The van der Waals surface area contributed by atoms with Gasteiger partial charge in [0.1, 0.15) is 5.82 Å². The number of rotatable bonds is 6. The lowest BCUT2D eigenvalue weighted by atomic mass is 10.1. The van der Waals surface area contributed by atoms with E-state index in [1.807, 2.05) is 24.1 Å². The number of pyridine rings is 1. The van der Waals surface area contributed by atoms with Crippen molar-refractivity contribution in [2.75, 3.05) is 18.9 Å². The first-order valence-electron chi connectivity index (χ1n) is 7.77. The van der Waals surface area contributed by atoms with Crippen molar-refractivity contribution >= 4 is 11.7 Å². The zero-order chi connectivity index (χ0) is 16.2. The summed E-state index contributed by atoms with van der Waals surface area (Å²) in [5.74, 6) is 1.58. The second-order valence-electron chi connectivity index (χ2n) is 6.52. The first-order valence-corrected chi connectivity index (χ1v) is 7.77. The number of anilines is 1. The van der Waals surface area contributed by atoms with Crippen LogP contribution in [0.1, 0.15) is 63.5 Å². The molecule has 0 unspecified atom stereocenters. The molecule has 118 valence electrons. The van der Waals surface area contributed by atoms with Crippen molar-refractivity contribution in [2.24, 2.45) is 5.92 Å². The summed E-state index contributed by atoms with van der Waals surface area (Å²) in [4.78, 5) is 19.3. The molecule has 0 aromatic carbocycles. The smallest absolute Gasteiger partial charge is 0.254 e. The number of carbonyl (C=O) groups is 1. The predicted molar refractivity (Wildman–Crippen MR) is 88.9 cm³/mol. The van der Waals surface area contributed by atoms with E-state index >= 15 is 0 Å². The van der Waals surface area contributed by atoms with E-state index in [1.165, 1.54) is 0 Å². The summed E-state index contributed by atoms with van der Waals surface area (Å²) in [6.07, 6.45) is 0. The lowest BCUT2D eigenvalue weighted by Gasteiger charge is -2.29. The second-order valence-corrected chi connectivity index (χ2v) is 6.52. The Balaban J connectivity index is 3.17. The Morgan fingerprint density at radius 2 is 1.81 bits per heavy atom. The minimum Gasteiger partial charge on any atom is -0.373 e. The van der Waals surface area contributed by atoms with Gasteiger partial charge >= 0.3 is 0 Å². The molecule has 0 saturated heterocycles. The van der Waals surface area contributed by atoms with E-state index < -0.39 is 0 Å². The highest BCUT2D eigenvalue weighted by Gasteiger charge is 2.21. The topological polar surface area (TPSA) is 45.2 Å². The van der Waals surface area contributed by atoms with Gasteiger partial charge in [0.15, 0.2) is 0 Å². The maximum absolute atomic E-state index is 12.8. The fourth-order valence-electron chi connectivity index (χ4n) is 2.19. The molecule has 0 aliphatic rings. The molecule has 0 aliphatic carbocycles. The van der Waals surface area contributed by atoms with Gasteiger partial charge in [-0.1, -0.05) is 27.7 Å². The molecular formula is C17H29N3O. The van der Waals surface area contributed by atoms with E-state index in [0.717, 1.165) is 18.1 Å². The predicted octanol–water partition coefficient (Wildman–Crippen LogP) is 3.75. The molecule has 1 N–H and O–H groups in total. The molecule has 0 aliphatic heterocycles. The number of nitrogens with one attached hydrogen (secondary N) is 1. The SMILES string of the molecule is CNc1cc(C(=O)N(CC(C)C)C(C)C)cc(C(C)C)n1. The minimum atomic E-state index is 0.0829. The van der Waals surface area contributed by atoms with Gasteiger partial charge in [-0.05, 0) is 37.8 Å². The largest absolute Gasteiger partial charge is 0.373 e. The molecule has 0 atom stereocenters. The maximum atomic E-state index is 12.8. The van der Waals surface area contributed by atoms with Gasteiger partial charge in [0, 0.05) is 30.9 Å². The third-order valence-corrected chi connectivity index (χ3v) is 3.39. The fraction of sp³-hybridized carbons (Fsp3) is 0.647. The molecule has 1 amide bonds. The summed E-state index contributed by atoms with van der Waals surface area (Å²) in [5.41, 5.74) is 1.66. The van der Waals surface area contributed by atoms with E-state index in [0.29, 0.717) is 17.4 Å². The van der Waals surface area contributed by atoms with E-state index in [4.69, 9.17) is 0 Å². The molecule has 4 heteroatoms. The molecular weight excluding hydrogens is 262 g/mol. The zero-order valence-electron chi connectivity index (χ0n) is 14.4. The molecule has 1 heterocycles. The monoisotopic (exact) mass is 291 g/mol. The Hall–Kier alpha value is -1.58. The van der Waals surface area contributed by atoms with Crippen molar-refractivity contribution in [2.45, 2.75) is 53.5 Å².